The average Bonchev–Trinajstić information content (AvgIpc) is 2.90. The maximum Gasteiger partial charge on any atom is 0.342 e. The quantitative estimate of drug-likeness (QED) is 0.656. The molecule has 0 aliphatic heterocycles. The molecule has 4 nitrogen and oxygen atoms in total. The molecule has 0 saturated carbocycles. The first-order chi connectivity index (χ1) is 12.0. The zero-order valence-electron chi connectivity index (χ0n) is 14.4. The molecule has 1 atom stereocenters. The number of aryl methyl sites for hydroxylation is 1. The molecule has 0 N–H and O–H groups in total. The molecule has 0 aliphatic rings. The monoisotopic (exact) mass is 338 g/mol. The Morgan fingerprint density at radius 3 is 2.36 bits per heavy atom. The first-order valence-electron chi connectivity index (χ1n) is 8.05. The van der Waals surface area contributed by atoms with E-state index in [1.165, 1.54) is 12.1 Å². The van der Waals surface area contributed by atoms with Crippen molar-refractivity contribution in [3.05, 3.63) is 82.9 Å². The van der Waals surface area contributed by atoms with Gasteiger partial charge in [0.1, 0.15) is 17.5 Å². The van der Waals surface area contributed by atoms with Gasteiger partial charge in [0.25, 0.3) is 0 Å². The minimum atomic E-state index is -0.480. The van der Waals surface area contributed by atoms with Crippen LogP contribution in [-0.4, -0.2) is 15.7 Å². The molecule has 0 fully saturated rings. The van der Waals surface area contributed by atoms with Crippen LogP contribution in [0.15, 0.2) is 54.6 Å². The first kappa shape index (κ1) is 16.9. The lowest BCUT2D eigenvalue weighted by Crippen LogP contribution is -2.11. The molecule has 0 saturated heterocycles. The molecular formula is C20H19FN2O2. The number of esters is 1. The van der Waals surface area contributed by atoms with E-state index in [0.29, 0.717) is 11.3 Å². The van der Waals surface area contributed by atoms with Gasteiger partial charge in [-0.2, -0.15) is 5.10 Å². The molecule has 0 aliphatic carbocycles. The topological polar surface area (TPSA) is 44.1 Å². The Labute approximate surface area is 145 Å². The second kappa shape index (κ2) is 6.89. The number of aromatic nitrogens is 2. The normalized spacial score (nSPS) is 12.0. The number of carbonyl (C=O) groups is 1. The number of hydrogen-bond acceptors (Lipinski definition) is 3. The van der Waals surface area contributed by atoms with Crippen molar-refractivity contribution >= 4 is 5.97 Å². The largest absolute Gasteiger partial charge is 0.454 e. The highest BCUT2D eigenvalue weighted by atomic mass is 19.1. The molecule has 3 aromatic rings. The molecule has 0 spiro atoms. The van der Waals surface area contributed by atoms with Crippen LogP contribution >= 0.6 is 0 Å². The van der Waals surface area contributed by atoms with Gasteiger partial charge in [-0.25, -0.2) is 13.9 Å². The molecule has 0 bridgehead atoms. The van der Waals surface area contributed by atoms with Crippen LogP contribution in [0.25, 0.3) is 5.69 Å². The standard InChI is InChI=1S/C20H19FN2O2/c1-13-19(14(2)23(22-13)18-7-5-4-6-8-18)20(24)25-15(3)16-9-11-17(21)12-10-16/h4-12,15H,1-3H3/t15-/m0/s1. The first-order valence-corrected chi connectivity index (χ1v) is 8.05. The second-order valence-electron chi connectivity index (χ2n) is 5.89. The lowest BCUT2D eigenvalue weighted by atomic mass is 10.1. The predicted octanol–water partition coefficient (Wildman–Crippen LogP) is 4.55. The van der Waals surface area contributed by atoms with E-state index < -0.39 is 12.1 Å². The van der Waals surface area contributed by atoms with Gasteiger partial charge >= 0.3 is 5.97 Å². The summed E-state index contributed by atoms with van der Waals surface area (Å²) in [4.78, 5) is 12.6. The Bertz CT molecular complexity index is 886. The molecule has 128 valence electrons. The van der Waals surface area contributed by atoms with Gasteiger partial charge in [0.05, 0.1) is 17.1 Å². The van der Waals surface area contributed by atoms with E-state index in [0.717, 1.165) is 16.9 Å². The summed E-state index contributed by atoms with van der Waals surface area (Å²) in [5.41, 5.74) is 3.41. The van der Waals surface area contributed by atoms with Gasteiger partial charge in [-0.05, 0) is 50.6 Å². The van der Waals surface area contributed by atoms with E-state index in [-0.39, 0.29) is 5.82 Å². The fourth-order valence-corrected chi connectivity index (χ4v) is 2.78. The minimum absolute atomic E-state index is 0.321. The van der Waals surface area contributed by atoms with E-state index in [1.54, 1.807) is 30.7 Å². The third-order valence-electron chi connectivity index (χ3n) is 4.12. The average molecular weight is 338 g/mol. The van der Waals surface area contributed by atoms with Crippen molar-refractivity contribution in [1.29, 1.82) is 0 Å². The third-order valence-corrected chi connectivity index (χ3v) is 4.12. The van der Waals surface area contributed by atoms with E-state index >= 15 is 0 Å². The van der Waals surface area contributed by atoms with Gasteiger partial charge in [-0.1, -0.05) is 30.3 Å². The summed E-state index contributed by atoms with van der Waals surface area (Å²) in [7, 11) is 0. The number of para-hydroxylation sites is 1. The van der Waals surface area contributed by atoms with E-state index in [2.05, 4.69) is 5.10 Å². The Hall–Kier alpha value is -2.95. The van der Waals surface area contributed by atoms with Crippen molar-refractivity contribution in [3.8, 4) is 5.69 Å². The lowest BCUT2D eigenvalue weighted by Gasteiger charge is -2.14. The van der Waals surface area contributed by atoms with Gasteiger partial charge in [0.2, 0.25) is 0 Å². The van der Waals surface area contributed by atoms with Crippen molar-refractivity contribution < 1.29 is 13.9 Å². The lowest BCUT2D eigenvalue weighted by molar-refractivity contribution is 0.0336. The number of ether oxygens (including phenoxy) is 1. The summed E-state index contributed by atoms with van der Waals surface area (Å²) in [6, 6.07) is 15.5. The van der Waals surface area contributed by atoms with Crippen molar-refractivity contribution in [3.63, 3.8) is 0 Å². The number of nitrogens with zero attached hydrogens (tertiary/aromatic N) is 2. The summed E-state index contributed by atoms with van der Waals surface area (Å²) in [6.07, 6.45) is -0.480. The molecule has 0 unspecified atom stereocenters. The molecule has 2 aromatic carbocycles. The van der Waals surface area contributed by atoms with Crippen molar-refractivity contribution in [1.82, 2.24) is 9.78 Å². The summed E-state index contributed by atoms with van der Waals surface area (Å²) in [5.74, 6) is -0.757. The Kier molecular flexibility index (Phi) is 4.65. The van der Waals surface area contributed by atoms with Crippen LogP contribution in [0.5, 0.6) is 0 Å². The highest BCUT2D eigenvalue weighted by Gasteiger charge is 2.23. The summed E-state index contributed by atoms with van der Waals surface area (Å²) in [5, 5.41) is 4.46. The van der Waals surface area contributed by atoms with Gasteiger partial charge in [0, 0.05) is 0 Å². The van der Waals surface area contributed by atoms with Crippen LogP contribution in [-0.2, 0) is 4.74 Å². The van der Waals surface area contributed by atoms with E-state index in [4.69, 9.17) is 4.74 Å². The summed E-state index contributed by atoms with van der Waals surface area (Å²) in [6.45, 7) is 5.38. The maximum atomic E-state index is 13.0. The highest BCUT2D eigenvalue weighted by molar-refractivity contribution is 5.92. The molecule has 25 heavy (non-hydrogen) atoms. The van der Waals surface area contributed by atoms with E-state index in [9.17, 15) is 9.18 Å². The smallest absolute Gasteiger partial charge is 0.342 e. The molecule has 0 radical (unpaired) electrons. The van der Waals surface area contributed by atoms with Crippen LogP contribution in [0, 0.1) is 19.7 Å². The van der Waals surface area contributed by atoms with Gasteiger partial charge in [-0.3, -0.25) is 0 Å². The molecule has 3 rings (SSSR count). The predicted molar refractivity (Wildman–Crippen MR) is 93.3 cm³/mol. The number of hydrogen-bond donors (Lipinski definition) is 0. The molecule has 0 amide bonds. The number of carbonyl (C=O) groups excluding carboxylic acids is 1. The van der Waals surface area contributed by atoms with E-state index in [1.807, 2.05) is 37.3 Å². The van der Waals surface area contributed by atoms with Crippen LogP contribution in [0.1, 0.15) is 40.3 Å². The highest BCUT2D eigenvalue weighted by Crippen LogP contribution is 2.23. The van der Waals surface area contributed by atoms with Gasteiger partial charge < -0.3 is 4.74 Å². The number of benzene rings is 2. The van der Waals surface area contributed by atoms with Gasteiger partial charge in [-0.15, -0.1) is 0 Å². The second-order valence-corrected chi connectivity index (χ2v) is 5.89. The summed E-state index contributed by atoms with van der Waals surface area (Å²) < 4.78 is 20.3. The van der Waals surface area contributed by atoms with Crippen LogP contribution < -0.4 is 0 Å². The van der Waals surface area contributed by atoms with Crippen molar-refractivity contribution in [2.75, 3.05) is 0 Å². The zero-order chi connectivity index (χ0) is 18.0. The van der Waals surface area contributed by atoms with Crippen LogP contribution in [0.3, 0.4) is 0 Å². The summed E-state index contributed by atoms with van der Waals surface area (Å²) >= 11 is 0. The Morgan fingerprint density at radius 2 is 1.72 bits per heavy atom. The third kappa shape index (κ3) is 3.45. The molecule has 5 heteroatoms. The SMILES string of the molecule is Cc1nn(-c2ccccc2)c(C)c1C(=O)O[C@@H](C)c1ccc(F)cc1. The Balaban J connectivity index is 1.85. The van der Waals surface area contributed by atoms with Crippen LogP contribution in [0.2, 0.25) is 0 Å². The fourth-order valence-electron chi connectivity index (χ4n) is 2.78. The molecule has 1 heterocycles. The van der Waals surface area contributed by atoms with Crippen molar-refractivity contribution in [2.24, 2.45) is 0 Å². The Morgan fingerprint density at radius 1 is 1.08 bits per heavy atom. The zero-order valence-corrected chi connectivity index (χ0v) is 14.4. The number of rotatable bonds is 4. The molecular weight excluding hydrogens is 319 g/mol. The van der Waals surface area contributed by atoms with Crippen molar-refractivity contribution in [2.45, 2.75) is 26.9 Å². The van der Waals surface area contributed by atoms with Crippen LogP contribution in [0.4, 0.5) is 4.39 Å². The minimum Gasteiger partial charge on any atom is -0.454 e. The maximum absolute atomic E-state index is 13.0. The number of halogens is 1. The molecule has 1 aromatic heterocycles. The fraction of sp³-hybridized carbons (Fsp3) is 0.200. The van der Waals surface area contributed by atoms with Gasteiger partial charge in [0.15, 0.2) is 0 Å².